The molecular formula is C11H14N2O. The number of aliphatic hydroxyl groups excluding tert-OH is 1. The quantitative estimate of drug-likeness (QED) is 0.734. The fourth-order valence-corrected chi connectivity index (χ4v) is 2.19. The van der Waals surface area contributed by atoms with Crippen LogP contribution in [0, 0.1) is 11.3 Å². The third-order valence-corrected chi connectivity index (χ3v) is 2.94. The summed E-state index contributed by atoms with van der Waals surface area (Å²) in [6.45, 7) is 0. The van der Waals surface area contributed by atoms with E-state index in [-0.39, 0.29) is 12.1 Å². The molecule has 0 aliphatic heterocycles. The van der Waals surface area contributed by atoms with Gasteiger partial charge < -0.3 is 9.67 Å². The molecule has 2 rings (SSSR count). The van der Waals surface area contributed by atoms with Crippen LogP contribution in [0.4, 0.5) is 0 Å². The van der Waals surface area contributed by atoms with Crippen molar-refractivity contribution in [3.05, 3.63) is 24.0 Å². The maximum Gasteiger partial charge on any atom is 0.120 e. The van der Waals surface area contributed by atoms with E-state index in [1.165, 1.54) is 0 Å². The molecular weight excluding hydrogens is 176 g/mol. The van der Waals surface area contributed by atoms with Gasteiger partial charge >= 0.3 is 0 Å². The molecule has 0 amide bonds. The second-order valence-corrected chi connectivity index (χ2v) is 3.83. The van der Waals surface area contributed by atoms with Gasteiger partial charge in [-0.15, -0.1) is 0 Å². The van der Waals surface area contributed by atoms with Crippen molar-refractivity contribution in [1.82, 2.24) is 4.57 Å². The zero-order valence-electron chi connectivity index (χ0n) is 8.06. The van der Waals surface area contributed by atoms with Crippen molar-refractivity contribution < 1.29 is 5.11 Å². The monoisotopic (exact) mass is 190 g/mol. The largest absolute Gasteiger partial charge is 0.391 e. The Hall–Kier alpha value is -1.27. The van der Waals surface area contributed by atoms with E-state index < -0.39 is 0 Å². The highest BCUT2D eigenvalue weighted by Crippen LogP contribution is 2.29. The summed E-state index contributed by atoms with van der Waals surface area (Å²) in [7, 11) is 0. The first-order chi connectivity index (χ1) is 6.83. The summed E-state index contributed by atoms with van der Waals surface area (Å²) in [4.78, 5) is 0. The normalized spacial score (nSPS) is 27.1. The van der Waals surface area contributed by atoms with Gasteiger partial charge in [0.05, 0.1) is 12.1 Å². The van der Waals surface area contributed by atoms with Gasteiger partial charge in [0.25, 0.3) is 0 Å². The van der Waals surface area contributed by atoms with Crippen LogP contribution < -0.4 is 0 Å². The van der Waals surface area contributed by atoms with Gasteiger partial charge in [-0.25, -0.2) is 0 Å². The molecule has 1 aliphatic rings. The lowest BCUT2D eigenvalue weighted by Gasteiger charge is -2.29. The van der Waals surface area contributed by atoms with Crippen LogP contribution >= 0.6 is 0 Å². The fourth-order valence-electron chi connectivity index (χ4n) is 2.19. The lowest BCUT2D eigenvalue weighted by Crippen LogP contribution is -2.27. The zero-order chi connectivity index (χ0) is 9.97. The number of aromatic nitrogens is 1. The van der Waals surface area contributed by atoms with Gasteiger partial charge in [0, 0.05) is 6.20 Å². The summed E-state index contributed by atoms with van der Waals surface area (Å²) in [6.07, 6.45) is 5.67. The molecule has 0 aromatic carbocycles. The van der Waals surface area contributed by atoms with E-state index in [1.54, 1.807) is 6.07 Å². The first-order valence-electron chi connectivity index (χ1n) is 5.08. The summed E-state index contributed by atoms with van der Waals surface area (Å²) >= 11 is 0. The van der Waals surface area contributed by atoms with Crippen molar-refractivity contribution >= 4 is 0 Å². The Kier molecular flexibility index (Phi) is 2.55. The highest BCUT2D eigenvalue weighted by molar-refractivity contribution is 5.23. The Morgan fingerprint density at radius 3 is 2.93 bits per heavy atom. The van der Waals surface area contributed by atoms with Crippen LogP contribution in [0.5, 0.6) is 0 Å². The van der Waals surface area contributed by atoms with Crippen molar-refractivity contribution in [1.29, 1.82) is 5.26 Å². The number of hydrogen-bond donors (Lipinski definition) is 1. The van der Waals surface area contributed by atoms with Crippen LogP contribution in [0.2, 0.25) is 0 Å². The molecule has 0 saturated heterocycles. The molecule has 0 spiro atoms. The average Bonchev–Trinajstić information content (AvgIpc) is 2.66. The predicted octanol–water partition coefficient (Wildman–Crippen LogP) is 1.84. The Bertz CT molecular complexity index is 350. The van der Waals surface area contributed by atoms with E-state index >= 15 is 0 Å². The Morgan fingerprint density at radius 1 is 1.43 bits per heavy atom. The molecule has 0 unspecified atom stereocenters. The third kappa shape index (κ3) is 1.53. The molecule has 3 nitrogen and oxygen atoms in total. The molecule has 74 valence electrons. The lowest BCUT2D eigenvalue weighted by molar-refractivity contribution is 0.0753. The third-order valence-electron chi connectivity index (χ3n) is 2.94. The number of aliphatic hydroxyl groups is 1. The first-order valence-corrected chi connectivity index (χ1v) is 5.08. The van der Waals surface area contributed by atoms with Crippen molar-refractivity contribution in [2.24, 2.45) is 0 Å². The topological polar surface area (TPSA) is 49.0 Å². The summed E-state index contributed by atoms with van der Waals surface area (Å²) < 4.78 is 1.91. The highest BCUT2D eigenvalue weighted by atomic mass is 16.3. The highest BCUT2D eigenvalue weighted by Gasteiger charge is 2.25. The fraction of sp³-hybridized carbons (Fsp3) is 0.545. The molecule has 1 N–H and O–H groups in total. The summed E-state index contributed by atoms with van der Waals surface area (Å²) in [5.74, 6) is 0. The van der Waals surface area contributed by atoms with Gasteiger partial charge in [-0.05, 0) is 25.0 Å². The molecule has 0 radical (unpaired) electrons. The van der Waals surface area contributed by atoms with Crippen LogP contribution in [-0.4, -0.2) is 15.8 Å². The van der Waals surface area contributed by atoms with E-state index in [2.05, 4.69) is 6.07 Å². The number of hydrogen-bond acceptors (Lipinski definition) is 2. The lowest BCUT2D eigenvalue weighted by atomic mass is 9.92. The summed E-state index contributed by atoms with van der Waals surface area (Å²) in [5.41, 5.74) is 0.649. The second-order valence-electron chi connectivity index (χ2n) is 3.83. The predicted molar refractivity (Wildman–Crippen MR) is 52.7 cm³/mol. The van der Waals surface area contributed by atoms with Gasteiger partial charge in [0.2, 0.25) is 0 Å². The van der Waals surface area contributed by atoms with Crippen LogP contribution in [0.3, 0.4) is 0 Å². The van der Waals surface area contributed by atoms with Crippen LogP contribution in [0.1, 0.15) is 37.4 Å². The minimum absolute atomic E-state index is 0.105. The minimum Gasteiger partial charge on any atom is -0.391 e. The SMILES string of the molecule is N#Cc1cccn1[C@H]1CCCC[C@@H]1O. The minimum atomic E-state index is -0.289. The molecule has 1 fully saturated rings. The number of rotatable bonds is 1. The molecule has 1 heterocycles. The van der Waals surface area contributed by atoms with Crippen molar-refractivity contribution in [2.45, 2.75) is 37.8 Å². The van der Waals surface area contributed by atoms with Crippen molar-refractivity contribution in [3.63, 3.8) is 0 Å². The number of nitrogens with zero attached hydrogens (tertiary/aromatic N) is 2. The molecule has 2 atom stereocenters. The van der Waals surface area contributed by atoms with Crippen LogP contribution in [-0.2, 0) is 0 Å². The molecule has 1 saturated carbocycles. The van der Waals surface area contributed by atoms with E-state index in [4.69, 9.17) is 5.26 Å². The standard InChI is InChI=1S/C11H14N2O/c12-8-9-4-3-7-13(9)10-5-1-2-6-11(10)14/h3-4,7,10-11,14H,1-2,5-6H2/t10-,11-/m0/s1. The molecule has 3 heteroatoms. The molecule has 1 aromatic heterocycles. The van der Waals surface area contributed by atoms with Crippen molar-refractivity contribution in [2.75, 3.05) is 0 Å². The summed E-state index contributed by atoms with van der Waals surface area (Å²) in [5, 5.41) is 18.7. The first kappa shape index (κ1) is 9.29. The molecule has 0 bridgehead atoms. The Labute approximate surface area is 83.6 Å². The average molecular weight is 190 g/mol. The maximum atomic E-state index is 9.83. The smallest absolute Gasteiger partial charge is 0.120 e. The molecule has 1 aliphatic carbocycles. The Morgan fingerprint density at radius 2 is 2.21 bits per heavy atom. The Balaban J connectivity index is 2.25. The van der Waals surface area contributed by atoms with E-state index in [9.17, 15) is 5.11 Å². The van der Waals surface area contributed by atoms with Gasteiger partial charge in [-0.1, -0.05) is 12.8 Å². The maximum absolute atomic E-state index is 9.83. The van der Waals surface area contributed by atoms with Crippen molar-refractivity contribution in [3.8, 4) is 6.07 Å². The van der Waals surface area contributed by atoms with Gasteiger partial charge in [-0.2, -0.15) is 5.26 Å². The number of nitriles is 1. The van der Waals surface area contributed by atoms with Crippen LogP contribution in [0.25, 0.3) is 0 Å². The van der Waals surface area contributed by atoms with E-state index in [1.807, 2.05) is 16.8 Å². The second kappa shape index (κ2) is 3.85. The zero-order valence-corrected chi connectivity index (χ0v) is 8.06. The molecule has 14 heavy (non-hydrogen) atoms. The van der Waals surface area contributed by atoms with E-state index in [0.29, 0.717) is 5.69 Å². The summed E-state index contributed by atoms with van der Waals surface area (Å²) in [6, 6.07) is 5.90. The van der Waals surface area contributed by atoms with Gasteiger partial charge in [0.15, 0.2) is 0 Å². The van der Waals surface area contributed by atoms with E-state index in [0.717, 1.165) is 25.7 Å². The van der Waals surface area contributed by atoms with Crippen LogP contribution in [0.15, 0.2) is 18.3 Å². The molecule has 1 aromatic rings. The van der Waals surface area contributed by atoms with Gasteiger partial charge in [-0.3, -0.25) is 0 Å². The van der Waals surface area contributed by atoms with Gasteiger partial charge in [0.1, 0.15) is 11.8 Å².